The SMILES string of the molecule is CCOC(C)(C)C(NN)c1c(F)ccc(Br)c1F. The molecule has 0 heterocycles. The molecule has 1 rings (SSSR count). The van der Waals surface area contributed by atoms with Crippen molar-refractivity contribution in [3.05, 3.63) is 33.8 Å². The summed E-state index contributed by atoms with van der Waals surface area (Å²) in [6.07, 6.45) is 0. The van der Waals surface area contributed by atoms with Gasteiger partial charge in [-0.25, -0.2) is 14.2 Å². The van der Waals surface area contributed by atoms with Crippen molar-refractivity contribution in [3.63, 3.8) is 0 Å². The van der Waals surface area contributed by atoms with Gasteiger partial charge < -0.3 is 4.74 Å². The van der Waals surface area contributed by atoms with E-state index in [9.17, 15) is 8.78 Å². The van der Waals surface area contributed by atoms with Crippen molar-refractivity contribution in [1.29, 1.82) is 0 Å². The Morgan fingerprint density at radius 3 is 2.56 bits per heavy atom. The number of hydrogen-bond donors (Lipinski definition) is 2. The molecule has 102 valence electrons. The smallest absolute Gasteiger partial charge is 0.145 e. The third kappa shape index (κ3) is 3.06. The molecule has 0 fully saturated rings. The van der Waals surface area contributed by atoms with Gasteiger partial charge in [0.2, 0.25) is 0 Å². The van der Waals surface area contributed by atoms with Crippen LogP contribution in [0.15, 0.2) is 16.6 Å². The summed E-state index contributed by atoms with van der Waals surface area (Å²) < 4.78 is 33.5. The summed E-state index contributed by atoms with van der Waals surface area (Å²) in [5.74, 6) is 4.09. The molecule has 0 bridgehead atoms. The van der Waals surface area contributed by atoms with E-state index in [0.29, 0.717) is 6.61 Å². The second-order valence-electron chi connectivity index (χ2n) is 4.39. The highest BCUT2D eigenvalue weighted by Gasteiger charge is 2.35. The fourth-order valence-corrected chi connectivity index (χ4v) is 2.24. The van der Waals surface area contributed by atoms with Gasteiger partial charge in [0.1, 0.15) is 11.6 Å². The van der Waals surface area contributed by atoms with Gasteiger partial charge in [-0.15, -0.1) is 0 Å². The monoisotopic (exact) mass is 322 g/mol. The van der Waals surface area contributed by atoms with Crippen LogP contribution < -0.4 is 11.3 Å². The van der Waals surface area contributed by atoms with E-state index in [4.69, 9.17) is 10.6 Å². The zero-order chi connectivity index (χ0) is 13.9. The van der Waals surface area contributed by atoms with Gasteiger partial charge in [0.25, 0.3) is 0 Å². The minimum atomic E-state index is -0.841. The van der Waals surface area contributed by atoms with Crippen LogP contribution in [-0.4, -0.2) is 12.2 Å². The Balaban J connectivity index is 3.29. The minimum Gasteiger partial charge on any atom is -0.374 e. The summed E-state index contributed by atoms with van der Waals surface area (Å²) in [5.41, 5.74) is 1.45. The van der Waals surface area contributed by atoms with Gasteiger partial charge in [0, 0.05) is 12.2 Å². The lowest BCUT2D eigenvalue weighted by Crippen LogP contribution is -2.45. The van der Waals surface area contributed by atoms with Gasteiger partial charge in [-0.3, -0.25) is 5.84 Å². The Kier molecular flexibility index (Phi) is 5.21. The van der Waals surface area contributed by atoms with Gasteiger partial charge in [-0.05, 0) is 48.8 Å². The number of nitrogens with two attached hydrogens (primary N) is 1. The van der Waals surface area contributed by atoms with Gasteiger partial charge >= 0.3 is 0 Å². The van der Waals surface area contributed by atoms with Crippen LogP contribution in [-0.2, 0) is 4.74 Å². The summed E-state index contributed by atoms with van der Waals surface area (Å²) in [6, 6.07) is 1.71. The molecule has 3 N–H and O–H groups in total. The van der Waals surface area contributed by atoms with E-state index >= 15 is 0 Å². The Labute approximate surface area is 114 Å². The van der Waals surface area contributed by atoms with Crippen molar-refractivity contribution in [3.8, 4) is 0 Å². The zero-order valence-electron chi connectivity index (χ0n) is 10.6. The molecule has 3 nitrogen and oxygen atoms in total. The topological polar surface area (TPSA) is 47.3 Å². The summed E-state index contributed by atoms with van der Waals surface area (Å²) in [5, 5.41) is 0. The van der Waals surface area contributed by atoms with Crippen molar-refractivity contribution >= 4 is 15.9 Å². The molecule has 0 aliphatic carbocycles. The number of benzene rings is 1. The van der Waals surface area contributed by atoms with Gasteiger partial charge in [-0.2, -0.15) is 0 Å². The van der Waals surface area contributed by atoms with Crippen molar-refractivity contribution in [2.75, 3.05) is 6.61 Å². The number of rotatable bonds is 5. The molecule has 0 spiro atoms. The average molecular weight is 323 g/mol. The molecule has 1 unspecified atom stereocenters. The Bertz CT molecular complexity index is 427. The highest BCUT2D eigenvalue weighted by molar-refractivity contribution is 9.10. The summed E-state index contributed by atoms with van der Waals surface area (Å²) >= 11 is 3.03. The molecular formula is C12H17BrF2N2O. The molecule has 0 aliphatic rings. The number of hydrogen-bond acceptors (Lipinski definition) is 3. The van der Waals surface area contributed by atoms with Crippen molar-refractivity contribution in [2.45, 2.75) is 32.4 Å². The molecule has 0 saturated carbocycles. The fraction of sp³-hybridized carbons (Fsp3) is 0.500. The minimum absolute atomic E-state index is 0.134. The van der Waals surface area contributed by atoms with Crippen LogP contribution in [0.2, 0.25) is 0 Å². The van der Waals surface area contributed by atoms with Crippen molar-refractivity contribution in [2.24, 2.45) is 5.84 Å². The van der Waals surface area contributed by atoms with Crippen LogP contribution in [0.1, 0.15) is 32.4 Å². The Hall–Kier alpha value is -0.560. The van der Waals surface area contributed by atoms with Crippen molar-refractivity contribution < 1.29 is 13.5 Å². The lowest BCUT2D eigenvalue weighted by Gasteiger charge is -2.34. The van der Waals surface area contributed by atoms with Crippen LogP contribution in [0.4, 0.5) is 8.78 Å². The molecule has 0 aliphatic heterocycles. The van der Waals surface area contributed by atoms with Gasteiger partial charge in [-0.1, -0.05) is 0 Å². The molecule has 1 aromatic rings. The first-order valence-electron chi connectivity index (χ1n) is 5.58. The quantitative estimate of drug-likeness (QED) is 0.497. The van der Waals surface area contributed by atoms with E-state index in [1.807, 2.05) is 6.92 Å². The molecular weight excluding hydrogens is 306 g/mol. The predicted molar refractivity (Wildman–Crippen MR) is 69.8 cm³/mol. The largest absolute Gasteiger partial charge is 0.374 e. The Morgan fingerprint density at radius 2 is 2.06 bits per heavy atom. The van der Waals surface area contributed by atoms with E-state index < -0.39 is 23.3 Å². The Morgan fingerprint density at radius 1 is 1.44 bits per heavy atom. The third-order valence-electron chi connectivity index (χ3n) is 2.75. The lowest BCUT2D eigenvalue weighted by atomic mass is 9.91. The summed E-state index contributed by atoms with van der Waals surface area (Å²) in [7, 11) is 0. The maximum absolute atomic E-state index is 14.0. The standard InChI is InChI=1S/C12H17BrF2N2O/c1-4-18-12(2,3)11(17-16)9-8(14)6-5-7(13)10(9)15/h5-6,11,17H,4,16H2,1-3H3. The molecule has 1 aromatic carbocycles. The van der Waals surface area contributed by atoms with Crippen LogP contribution in [0.3, 0.4) is 0 Å². The highest BCUT2D eigenvalue weighted by atomic mass is 79.9. The first-order valence-corrected chi connectivity index (χ1v) is 6.38. The molecule has 0 aromatic heterocycles. The molecule has 6 heteroatoms. The molecule has 18 heavy (non-hydrogen) atoms. The van der Waals surface area contributed by atoms with Crippen LogP contribution in [0, 0.1) is 11.6 Å². The third-order valence-corrected chi connectivity index (χ3v) is 3.36. The van der Waals surface area contributed by atoms with E-state index in [1.54, 1.807) is 13.8 Å². The van der Waals surface area contributed by atoms with E-state index in [2.05, 4.69) is 21.4 Å². The van der Waals surface area contributed by atoms with E-state index in [0.717, 1.165) is 0 Å². The highest BCUT2D eigenvalue weighted by Crippen LogP contribution is 2.34. The zero-order valence-corrected chi connectivity index (χ0v) is 12.1. The molecule has 0 amide bonds. The van der Waals surface area contributed by atoms with Crippen LogP contribution in [0.25, 0.3) is 0 Å². The lowest BCUT2D eigenvalue weighted by molar-refractivity contribution is -0.0409. The fourth-order valence-electron chi connectivity index (χ4n) is 1.89. The maximum atomic E-state index is 14.0. The number of halogens is 3. The molecule has 1 atom stereocenters. The van der Waals surface area contributed by atoms with Gasteiger partial charge in [0.15, 0.2) is 0 Å². The van der Waals surface area contributed by atoms with E-state index in [1.165, 1.54) is 12.1 Å². The van der Waals surface area contributed by atoms with Crippen LogP contribution in [0.5, 0.6) is 0 Å². The normalized spacial score (nSPS) is 13.7. The van der Waals surface area contributed by atoms with Gasteiger partial charge in [0.05, 0.1) is 16.1 Å². The number of nitrogens with one attached hydrogen (secondary N) is 1. The molecule has 0 saturated heterocycles. The number of ether oxygens (including phenoxy) is 1. The molecule has 0 radical (unpaired) electrons. The summed E-state index contributed by atoms with van der Waals surface area (Å²) in [6.45, 7) is 5.67. The van der Waals surface area contributed by atoms with Crippen LogP contribution >= 0.6 is 15.9 Å². The first-order chi connectivity index (χ1) is 8.35. The first kappa shape index (κ1) is 15.5. The average Bonchev–Trinajstić information content (AvgIpc) is 2.29. The summed E-state index contributed by atoms with van der Waals surface area (Å²) in [4.78, 5) is 0. The predicted octanol–water partition coefficient (Wildman–Crippen LogP) is 3.05. The van der Waals surface area contributed by atoms with Crippen molar-refractivity contribution in [1.82, 2.24) is 5.43 Å². The maximum Gasteiger partial charge on any atom is 0.145 e. The van der Waals surface area contributed by atoms with E-state index in [-0.39, 0.29) is 10.0 Å². The number of hydrazine groups is 1. The second kappa shape index (κ2) is 6.06. The second-order valence-corrected chi connectivity index (χ2v) is 5.25.